The summed E-state index contributed by atoms with van der Waals surface area (Å²) in [6.45, 7) is 15.1. The highest BCUT2D eigenvalue weighted by Gasteiger charge is 1.97. The molecule has 0 fully saturated rings. The molecule has 0 bridgehead atoms. The van der Waals surface area contributed by atoms with Crippen molar-refractivity contribution in [1.29, 1.82) is 0 Å². The minimum absolute atomic E-state index is 0.968. The molecule has 0 unspecified atom stereocenters. The fourth-order valence-electron chi connectivity index (χ4n) is 1.19. The van der Waals surface area contributed by atoms with Gasteiger partial charge in [-0.05, 0) is 5.92 Å². The smallest absolute Gasteiger partial charge is 0.0443 e. The molecular formula is C14H34. The lowest BCUT2D eigenvalue weighted by Crippen LogP contribution is -1.92. The van der Waals surface area contributed by atoms with Crippen molar-refractivity contribution in [1.82, 2.24) is 0 Å². The minimum Gasteiger partial charge on any atom is -0.0683 e. The molecule has 0 aromatic heterocycles. The van der Waals surface area contributed by atoms with Crippen LogP contribution < -0.4 is 0 Å². The van der Waals surface area contributed by atoms with Gasteiger partial charge in [-0.25, -0.2) is 0 Å². The van der Waals surface area contributed by atoms with Crippen molar-refractivity contribution in [2.75, 3.05) is 0 Å². The monoisotopic (exact) mass is 202 g/mol. The van der Waals surface area contributed by atoms with Gasteiger partial charge in [0.2, 0.25) is 0 Å². The zero-order valence-electron chi connectivity index (χ0n) is 11.8. The topological polar surface area (TPSA) is 0 Å². The van der Waals surface area contributed by atoms with Gasteiger partial charge >= 0.3 is 0 Å². The van der Waals surface area contributed by atoms with Crippen LogP contribution in [0.2, 0.25) is 0 Å². The van der Waals surface area contributed by atoms with Crippen LogP contribution in [0.1, 0.15) is 87.0 Å². The quantitative estimate of drug-likeness (QED) is 0.508. The lowest BCUT2D eigenvalue weighted by atomic mass is 10.00. The molecule has 1 atom stereocenters. The molecule has 0 radical (unpaired) electrons. The van der Waals surface area contributed by atoms with E-state index >= 15 is 0 Å². The number of unbranched alkanes of at least 4 members (excludes halogenated alkanes) is 1. The van der Waals surface area contributed by atoms with Crippen molar-refractivity contribution in [2.24, 2.45) is 5.92 Å². The second kappa shape index (κ2) is 23.1. The Morgan fingerprint density at radius 3 is 1.50 bits per heavy atom. The standard InChI is InChI=1S/C9H20.C3H8.C2H6/c1-4-6-8-9(3)7-5-2;1-3-2;1-2/h9H,4-8H2,1-3H3;3H2,1-2H3;1-2H3/t9-;;/m1../s1. The van der Waals surface area contributed by atoms with Crippen molar-refractivity contribution < 1.29 is 0 Å². The fourth-order valence-corrected chi connectivity index (χ4v) is 1.19. The number of rotatable bonds is 5. The zero-order chi connectivity index (χ0) is 11.8. The lowest BCUT2D eigenvalue weighted by Gasteiger charge is -2.07. The first-order valence-corrected chi connectivity index (χ1v) is 6.72. The molecule has 0 aliphatic rings. The SMILES string of the molecule is CC.CCC.CCCC[C@H](C)CCC. The average molecular weight is 202 g/mol. The molecule has 0 nitrogen and oxygen atoms in total. The molecule has 0 spiro atoms. The second-order valence-corrected chi connectivity index (χ2v) is 3.74. The Kier molecular flexibility index (Phi) is 32.3. The summed E-state index contributed by atoms with van der Waals surface area (Å²) in [5, 5.41) is 0. The molecule has 0 rings (SSSR count). The predicted octanol–water partition coefficient (Wildman–Crippen LogP) is 6.06. The Morgan fingerprint density at radius 2 is 1.21 bits per heavy atom. The lowest BCUT2D eigenvalue weighted by molar-refractivity contribution is 0.466. The van der Waals surface area contributed by atoms with Gasteiger partial charge in [0, 0.05) is 0 Å². The van der Waals surface area contributed by atoms with Crippen molar-refractivity contribution in [3.63, 3.8) is 0 Å². The summed E-state index contributed by atoms with van der Waals surface area (Å²) in [4.78, 5) is 0. The molecule has 0 aliphatic carbocycles. The molecule has 0 aromatic carbocycles. The maximum Gasteiger partial charge on any atom is -0.0443 e. The van der Waals surface area contributed by atoms with Crippen LogP contribution in [0.5, 0.6) is 0 Å². The third-order valence-electron chi connectivity index (χ3n) is 1.83. The summed E-state index contributed by atoms with van der Waals surface area (Å²) >= 11 is 0. The van der Waals surface area contributed by atoms with Crippen LogP contribution >= 0.6 is 0 Å². The van der Waals surface area contributed by atoms with Crippen molar-refractivity contribution in [2.45, 2.75) is 87.0 Å². The first-order chi connectivity index (χ1) is 6.72. The predicted molar refractivity (Wildman–Crippen MR) is 70.9 cm³/mol. The minimum atomic E-state index is 0.968. The molecule has 0 amide bonds. The van der Waals surface area contributed by atoms with Gasteiger partial charge in [-0.3, -0.25) is 0 Å². The molecule has 0 heterocycles. The average Bonchev–Trinajstić information content (AvgIpc) is 2.20. The van der Waals surface area contributed by atoms with Crippen LogP contribution in [0.25, 0.3) is 0 Å². The maximum atomic E-state index is 2.36. The molecule has 0 aromatic rings. The van der Waals surface area contributed by atoms with Crippen LogP contribution in [0.15, 0.2) is 0 Å². The van der Waals surface area contributed by atoms with E-state index in [1.54, 1.807) is 0 Å². The molecule has 90 valence electrons. The fraction of sp³-hybridized carbons (Fsp3) is 1.00. The Hall–Kier alpha value is 0. The van der Waals surface area contributed by atoms with E-state index < -0.39 is 0 Å². The summed E-state index contributed by atoms with van der Waals surface area (Å²) in [6, 6.07) is 0. The summed E-state index contributed by atoms with van der Waals surface area (Å²) in [7, 11) is 0. The van der Waals surface area contributed by atoms with Crippen LogP contribution in [-0.4, -0.2) is 0 Å². The molecule has 0 saturated carbocycles. The van der Waals surface area contributed by atoms with Gasteiger partial charge in [0.15, 0.2) is 0 Å². The van der Waals surface area contributed by atoms with Crippen LogP contribution in [0.4, 0.5) is 0 Å². The second-order valence-electron chi connectivity index (χ2n) is 3.74. The van der Waals surface area contributed by atoms with E-state index in [0.717, 1.165) is 5.92 Å². The Morgan fingerprint density at radius 1 is 0.786 bits per heavy atom. The van der Waals surface area contributed by atoms with Gasteiger partial charge in [0.05, 0.1) is 0 Å². The first kappa shape index (κ1) is 19.6. The van der Waals surface area contributed by atoms with Gasteiger partial charge in [-0.1, -0.05) is 87.0 Å². The van der Waals surface area contributed by atoms with Gasteiger partial charge in [-0.2, -0.15) is 0 Å². The van der Waals surface area contributed by atoms with Crippen molar-refractivity contribution in [3.05, 3.63) is 0 Å². The summed E-state index contributed by atoms with van der Waals surface area (Å²) in [5.74, 6) is 0.968. The molecule has 0 N–H and O–H groups in total. The maximum absolute atomic E-state index is 2.36. The highest BCUT2D eigenvalue weighted by molar-refractivity contribution is 4.50. The molecule has 0 heteroatoms. The van der Waals surface area contributed by atoms with Gasteiger partial charge < -0.3 is 0 Å². The van der Waals surface area contributed by atoms with E-state index in [1.165, 1.54) is 38.5 Å². The molecule has 0 aliphatic heterocycles. The highest BCUT2D eigenvalue weighted by Crippen LogP contribution is 2.12. The van der Waals surface area contributed by atoms with Crippen LogP contribution in [0, 0.1) is 5.92 Å². The normalized spacial score (nSPS) is 10.5. The Labute approximate surface area is 93.5 Å². The Balaban J connectivity index is -0.000000205. The summed E-state index contributed by atoms with van der Waals surface area (Å²) in [5.41, 5.74) is 0. The van der Waals surface area contributed by atoms with E-state index in [2.05, 4.69) is 34.6 Å². The van der Waals surface area contributed by atoms with Gasteiger partial charge in [0.25, 0.3) is 0 Å². The first-order valence-electron chi connectivity index (χ1n) is 6.72. The highest BCUT2D eigenvalue weighted by atomic mass is 14.0. The number of hydrogen-bond donors (Lipinski definition) is 0. The zero-order valence-corrected chi connectivity index (χ0v) is 11.8. The molecule has 0 saturated heterocycles. The van der Waals surface area contributed by atoms with E-state index in [1.807, 2.05) is 13.8 Å². The number of hydrogen-bond acceptors (Lipinski definition) is 0. The molecule has 14 heavy (non-hydrogen) atoms. The summed E-state index contributed by atoms with van der Waals surface area (Å²) in [6.07, 6.45) is 8.23. The Bertz CT molecular complexity index is 57.1. The molecular weight excluding hydrogens is 168 g/mol. The largest absolute Gasteiger partial charge is 0.0683 e. The van der Waals surface area contributed by atoms with Crippen LogP contribution in [-0.2, 0) is 0 Å². The third kappa shape index (κ3) is 29.6. The van der Waals surface area contributed by atoms with E-state index in [9.17, 15) is 0 Å². The van der Waals surface area contributed by atoms with Crippen LogP contribution in [0.3, 0.4) is 0 Å². The van der Waals surface area contributed by atoms with Gasteiger partial charge in [-0.15, -0.1) is 0 Å². The third-order valence-corrected chi connectivity index (χ3v) is 1.83. The van der Waals surface area contributed by atoms with Crippen molar-refractivity contribution >= 4 is 0 Å². The van der Waals surface area contributed by atoms with E-state index in [4.69, 9.17) is 0 Å². The summed E-state index contributed by atoms with van der Waals surface area (Å²) < 4.78 is 0. The van der Waals surface area contributed by atoms with E-state index in [-0.39, 0.29) is 0 Å². The van der Waals surface area contributed by atoms with Gasteiger partial charge in [0.1, 0.15) is 0 Å². The van der Waals surface area contributed by atoms with E-state index in [0.29, 0.717) is 0 Å². The van der Waals surface area contributed by atoms with Crippen molar-refractivity contribution in [3.8, 4) is 0 Å².